The summed E-state index contributed by atoms with van der Waals surface area (Å²) in [6, 6.07) is 93.8. The summed E-state index contributed by atoms with van der Waals surface area (Å²) in [6.45, 7) is 0. The van der Waals surface area contributed by atoms with Crippen LogP contribution in [0.15, 0.2) is 267 Å². The molecule has 0 fully saturated rings. The van der Waals surface area contributed by atoms with E-state index in [0.29, 0.717) is 0 Å². The van der Waals surface area contributed by atoms with Gasteiger partial charge in [-0.25, -0.2) is 0 Å². The van der Waals surface area contributed by atoms with E-state index in [1.54, 1.807) is 0 Å². The van der Waals surface area contributed by atoms with Gasteiger partial charge in [-0.1, -0.05) is 168 Å². The first-order valence-electron chi connectivity index (χ1n) is 23.2. The monoisotopic (exact) mass is 1310 g/mol. The first kappa shape index (κ1) is 50.6. The number of hydrogen-bond donors (Lipinski definition) is 0. The first-order chi connectivity index (χ1) is 34.2. The fourth-order valence-electron chi connectivity index (χ4n) is 9.43. The van der Waals surface area contributed by atoms with Gasteiger partial charge >= 0.3 is 44.8 Å². The standard InChI is InChI=1S/C25H22P2.2C20H12N.2Au/c1-5-13-22(14-6-1)26(23-15-7-2-8-16-23)21-27(24-17-9-3-10-18-24)25-19-11-4-12-20-25;2*1-2-15-9-8-14-19-20(15)17-12-6-7-13-18(17)21(19)16-10-4-3-5-11-16;;/h1-20H,21H2;2*3-14H;;/q;2*-1;2*+1/p+2. The third kappa shape index (κ3) is 10.9. The minimum Gasteiger partial charge on any atom is -0.366 e. The van der Waals surface area contributed by atoms with Crippen LogP contribution in [-0.2, 0) is 44.8 Å². The first-order valence-corrected chi connectivity index (χ1v) is 26.6. The van der Waals surface area contributed by atoms with Gasteiger partial charge in [-0.05, 0) is 108 Å². The fraction of sp³-hybridized carbons (Fsp3) is 0.0154. The molecule has 0 radical (unpaired) electrons. The Labute approximate surface area is 450 Å². The number of para-hydroxylation sites is 4. The van der Waals surface area contributed by atoms with Crippen LogP contribution in [0, 0.1) is 24.7 Å². The third-order valence-corrected chi connectivity index (χ3v) is 19.5. The van der Waals surface area contributed by atoms with E-state index in [9.17, 15) is 0 Å². The smallest absolute Gasteiger partial charge is 0.366 e. The molecule has 0 atom stereocenters. The molecular formula is C65H48Au2N2P2+2. The number of fused-ring (bicyclic) bond motifs is 6. The number of rotatable bonds is 8. The maximum atomic E-state index is 7.56. The zero-order chi connectivity index (χ0) is 46.8. The van der Waals surface area contributed by atoms with Crippen molar-refractivity contribution in [2.24, 2.45) is 0 Å². The molecule has 71 heavy (non-hydrogen) atoms. The van der Waals surface area contributed by atoms with Gasteiger partial charge in [0.15, 0.2) is 5.90 Å². The van der Waals surface area contributed by atoms with Crippen LogP contribution >= 0.6 is 15.8 Å². The summed E-state index contributed by atoms with van der Waals surface area (Å²) < 4.78 is 4.48. The molecule has 0 aliphatic carbocycles. The Morgan fingerprint density at radius 1 is 0.296 bits per heavy atom. The summed E-state index contributed by atoms with van der Waals surface area (Å²) in [5.74, 6) is 6.37. The molecule has 12 rings (SSSR count). The van der Waals surface area contributed by atoms with Crippen molar-refractivity contribution in [1.82, 2.24) is 9.13 Å². The van der Waals surface area contributed by atoms with E-state index in [2.05, 4.69) is 215 Å². The third-order valence-electron chi connectivity index (χ3n) is 12.5. The van der Waals surface area contributed by atoms with Crippen molar-refractivity contribution in [3.63, 3.8) is 0 Å². The Morgan fingerprint density at radius 2 is 0.563 bits per heavy atom. The van der Waals surface area contributed by atoms with Crippen LogP contribution in [0.3, 0.4) is 0 Å². The second-order valence-electron chi connectivity index (χ2n) is 16.6. The maximum absolute atomic E-state index is 7.56. The number of hydrogen-bond acceptors (Lipinski definition) is 0. The quantitative estimate of drug-likeness (QED) is 0.0621. The summed E-state index contributed by atoms with van der Waals surface area (Å²) in [4.78, 5) is 0. The van der Waals surface area contributed by atoms with Crippen LogP contribution in [0.2, 0.25) is 0 Å². The van der Waals surface area contributed by atoms with Crippen molar-refractivity contribution in [2.75, 3.05) is 5.90 Å². The molecule has 2 aromatic heterocycles. The summed E-state index contributed by atoms with van der Waals surface area (Å²) in [6.07, 6.45) is 15.1. The molecule has 2 heterocycles. The van der Waals surface area contributed by atoms with Gasteiger partial charge in [0.2, 0.25) is 0 Å². The zero-order valence-corrected chi connectivity index (χ0v) is 44.9. The van der Waals surface area contributed by atoms with E-state index in [1.807, 2.05) is 72.8 Å². The fourth-order valence-corrected chi connectivity index (χ4v) is 17.2. The molecule has 348 valence electrons. The number of aromatic nitrogens is 2. The molecule has 2 nitrogen and oxygen atoms in total. The van der Waals surface area contributed by atoms with Crippen molar-refractivity contribution in [2.45, 2.75) is 0 Å². The molecule has 0 bridgehead atoms. The normalized spacial score (nSPS) is 10.6. The molecule has 0 spiro atoms. The van der Waals surface area contributed by atoms with Gasteiger partial charge < -0.3 is 22.0 Å². The summed E-state index contributed by atoms with van der Waals surface area (Å²) in [5, 5.41) is 10.5. The maximum Gasteiger partial charge on any atom is 1.00 e. The molecule has 0 aliphatic rings. The zero-order valence-electron chi connectivity index (χ0n) is 38.6. The molecule has 0 aliphatic heterocycles. The molecule has 0 saturated carbocycles. The van der Waals surface area contributed by atoms with Crippen LogP contribution in [-0.4, -0.2) is 15.0 Å². The van der Waals surface area contributed by atoms with Crippen LogP contribution in [0.4, 0.5) is 0 Å². The number of nitrogens with zero attached hydrogens (tertiary/aromatic N) is 2. The van der Waals surface area contributed by atoms with Gasteiger partial charge in [-0.15, -0.1) is 23.3 Å². The second kappa shape index (κ2) is 24.4. The largest absolute Gasteiger partial charge is 1.00 e. The van der Waals surface area contributed by atoms with Crippen LogP contribution in [0.25, 0.3) is 55.0 Å². The van der Waals surface area contributed by atoms with Crippen LogP contribution < -0.4 is 21.2 Å². The Morgan fingerprint density at radius 3 is 0.873 bits per heavy atom. The second-order valence-corrected chi connectivity index (χ2v) is 22.3. The van der Waals surface area contributed by atoms with Crippen molar-refractivity contribution >= 4 is 80.7 Å². The Kier molecular flexibility index (Phi) is 17.4. The van der Waals surface area contributed by atoms with Gasteiger partial charge in [0.05, 0.1) is 11.0 Å². The molecule has 6 heteroatoms. The average Bonchev–Trinajstić information content (AvgIpc) is 3.96. The molecular weight excluding hydrogens is 1260 g/mol. The van der Waals surface area contributed by atoms with E-state index in [-0.39, 0.29) is 44.8 Å². The van der Waals surface area contributed by atoms with Gasteiger partial charge in [0, 0.05) is 22.4 Å². The van der Waals surface area contributed by atoms with Crippen molar-refractivity contribution in [3.05, 3.63) is 291 Å². The molecule has 0 amide bonds. The van der Waals surface area contributed by atoms with Crippen molar-refractivity contribution in [1.29, 1.82) is 0 Å². The van der Waals surface area contributed by atoms with Gasteiger partial charge in [-0.3, -0.25) is 11.8 Å². The number of benzene rings is 10. The Hall–Kier alpha value is -6.74. The average molecular weight is 1310 g/mol. The summed E-state index contributed by atoms with van der Waals surface area (Å²) >= 11 is 0. The van der Waals surface area contributed by atoms with Gasteiger partial charge in [0.25, 0.3) is 0 Å². The molecule has 12 aromatic rings. The minimum absolute atomic E-state index is 0. The van der Waals surface area contributed by atoms with Crippen molar-refractivity contribution < 1.29 is 44.8 Å². The Balaban J connectivity index is 0.000000142. The van der Waals surface area contributed by atoms with Crippen molar-refractivity contribution in [3.8, 4) is 23.2 Å². The van der Waals surface area contributed by atoms with E-state index in [1.165, 1.54) is 27.1 Å². The SMILES string of the molecule is [Au+].[Au+].[C-]#Cc1cccc2c1c1ccccc1n2-c1ccccc1.[C-]#Cc1cccc2c1c1ccccc1n2-c1ccccc1.c1ccc([PH+](C[PH+](c2ccccc2)c2ccccc2)c2ccccc2)cc1. The predicted molar refractivity (Wildman–Crippen MR) is 300 cm³/mol. The van der Waals surface area contributed by atoms with E-state index < -0.39 is 15.8 Å². The minimum atomic E-state index is -0.847. The molecule has 0 unspecified atom stereocenters. The molecule has 10 aromatic carbocycles. The summed E-state index contributed by atoms with van der Waals surface area (Å²) in [5.41, 5.74) is 8.45. The Bertz CT molecular complexity index is 3390. The topological polar surface area (TPSA) is 9.86 Å². The van der Waals surface area contributed by atoms with Gasteiger partial charge in [0.1, 0.15) is 37.1 Å². The molecule has 0 N–H and O–H groups in total. The van der Waals surface area contributed by atoms with Crippen LogP contribution in [0.1, 0.15) is 11.1 Å². The van der Waals surface area contributed by atoms with E-state index in [4.69, 9.17) is 12.8 Å². The predicted octanol–water partition coefficient (Wildman–Crippen LogP) is 14.1. The molecule has 0 saturated heterocycles. The van der Waals surface area contributed by atoms with Gasteiger partial charge in [-0.2, -0.15) is 0 Å². The van der Waals surface area contributed by atoms with E-state index >= 15 is 0 Å². The summed E-state index contributed by atoms with van der Waals surface area (Å²) in [7, 11) is -1.69. The van der Waals surface area contributed by atoms with Crippen LogP contribution in [0.5, 0.6) is 0 Å². The van der Waals surface area contributed by atoms with E-state index in [0.717, 1.165) is 66.1 Å².